The molecule has 6 heteroatoms. The van der Waals surface area contributed by atoms with E-state index < -0.39 is 5.79 Å². The lowest BCUT2D eigenvalue weighted by molar-refractivity contribution is -0.105. The molecule has 1 amide bonds. The molecule has 0 bridgehead atoms. The standard InChI is InChI=1S/C19H21NO5/c1-22-12-14-6-8-16(23-14)18(21)20-13-5-7-15-17(11-13)25-19(24-15)9-3-2-4-10-19/h5-8,11H,2-4,9-10,12H2,1H3,(H,20,21). The van der Waals surface area contributed by atoms with Gasteiger partial charge >= 0.3 is 0 Å². The minimum absolute atomic E-state index is 0.244. The van der Waals surface area contributed by atoms with E-state index in [1.165, 1.54) is 6.42 Å². The van der Waals surface area contributed by atoms with E-state index in [0.717, 1.165) is 31.4 Å². The molecule has 4 rings (SSSR count). The zero-order valence-electron chi connectivity index (χ0n) is 14.2. The van der Waals surface area contributed by atoms with Crippen molar-refractivity contribution in [3.63, 3.8) is 0 Å². The van der Waals surface area contributed by atoms with Crippen molar-refractivity contribution in [1.29, 1.82) is 0 Å². The summed E-state index contributed by atoms with van der Waals surface area (Å²) in [5, 5.41) is 2.83. The second kappa shape index (κ2) is 6.44. The van der Waals surface area contributed by atoms with E-state index >= 15 is 0 Å². The summed E-state index contributed by atoms with van der Waals surface area (Å²) in [7, 11) is 1.58. The number of nitrogens with one attached hydrogen (secondary N) is 1. The molecule has 2 aliphatic rings. The van der Waals surface area contributed by atoms with E-state index in [9.17, 15) is 4.79 Å². The van der Waals surface area contributed by atoms with Gasteiger partial charge in [0.25, 0.3) is 11.7 Å². The van der Waals surface area contributed by atoms with E-state index in [-0.39, 0.29) is 11.7 Å². The van der Waals surface area contributed by atoms with Gasteiger partial charge in [-0.05, 0) is 37.1 Å². The van der Waals surface area contributed by atoms with Crippen LogP contribution in [0.1, 0.15) is 48.4 Å². The second-order valence-corrected chi connectivity index (χ2v) is 6.49. The van der Waals surface area contributed by atoms with Gasteiger partial charge in [-0.3, -0.25) is 4.79 Å². The first kappa shape index (κ1) is 16.0. The first-order valence-corrected chi connectivity index (χ1v) is 8.59. The highest BCUT2D eigenvalue weighted by atomic mass is 16.7. The number of benzene rings is 1. The Labute approximate surface area is 146 Å². The van der Waals surface area contributed by atoms with E-state index in [0.29, 0.717) is 23.8 Å². The van der Waals surface area contributed by atoms with E-state index in [1.807, 2.05) is 6.07 Å². The van der Waals surface area contributed by atoms with Gasteiger partial charge in [-0.1, -0.05) is 6.42 Å². The van der Waals surface area contributed by atoms with E-state index in [1.54, 1.807) is 31.4 Å². The number of furan rings is 1. The Balaban J connectivity index is 1.46. The van der Waals surface area contributed by atoms with Crippen LogP contribution in [0.15, 0.2) is 34.7 Å². The molecule has 132 valence electrons. The molecular weight excluding hydrogens is 322 g/mol. The summed E-state index contributed by atoms with van der Waals surface area (Å²) in [5.74, 6) is 1.44. The molecule has 1 aromatic carbocycles. The fourth-order valence-corrected chi connectivity index (χ4v) is 3.38. The molecule has 0 radical (unpaired) electrons. The van der Waals surface area contributed by atoms with Crippen LogP contribution in [0.4, 0.5) is 5.69 Å². The van der Waals surface area contributed by atoms with Crippen LogP contribution in [0.25, 0.3) is 0 Å². The molecule has 0 unspecified atom stereocenters. The van der Waals surface area contributed by atoms with Gasteiger partial charge in [-0.15, -0.1) is 0 Å². The first-order valence-electron chi connectivity index (χ1n) is 8.59. The minimum Gasteiger partial charge on any atom is -0.453 e. The molecule has 25 heavy (non-hydrogen) atoms. The van der Waals surface area contributed by atoms with Crippen LogP contribution in [0, 0.1) is 0 Å². The molecule has 2 aromatic rings. The average Bonchev–Trinajstić information content (AvgIpc) is 3.20. The van der Waals surface area contributed by atoms with Crippen molar-refractivity contribution in [3.05, 3.63) is 41.9 Å². The summed E-state index contributed by atoms with van der Waals surface area (Å²) in [4.78, 5) is 12.3. The predicted molar refractivity (Wildman–Crippen MR) is 90.9 cm³/mol. The highest BCUT2D eigenvalue weighted by Crippen LogP contribution is 2.46. The van der Waals surface area contributed by atoms with Crippen LogP contribution in [-0.2, 0) is 11.3 Å². The third-order valence-corrected chi connectivity index (χ3v) is 4.58. The lowest BCUT2D eigenvalue weighted by atomic mass is 9.94. The number of carbonyl (C=O) groups is 1. The Morgan fingerprint density at radius 1 is 1.12 bits per heavy atom. The number of anilines is 1. The largest absolute Gasteiger partial charge is 0.453 e. The van der Waals surface area contributed by atoms with Crippen molar-refractivity contribution < 1.29 is 23.4 Å². The van der Waals surface area contributed by atoms with Crippen molar-refractivity contribution in [1.82, 2.24) is 0 Å². The minimum atomic E-state index is -0.515. The summed E-state index contributed by atoms with van der Waals surface area (Å²) in [5.41, 5.74) is 0.643. The van der Waals surface area contributed by atoms with Crippen molar-refractivity contribution >= 4 is 11.6 Å². The SMILES string of the molecule is COCc1ccc(C(=O)Nc2ccc3c(c2)OC2(CCCCC2)O3)o1. The van der Waals surface area contributed by atoms with Crippen LogP contribution >= 0.6 is 0 Å². The Morgan fingerprint density at radius 2 is 1.92 bits per heavy atom. The van der Waals surface area contributed by atoms with E-state index in [4.69, 9.17) is 18.6 Å². The molecule has 1 aromatic heterocycles. The molecule has 0 saturated heterocycles. The van der Waals surface area contributed by atoms with Crippen LogP contribution in [0.2, 0.25) is 0 Å². The molecule has 6 nitrogen and oxygen atoms in total. The Hall–Kier alpha value is -2.47. The van der Waals surface area contributed by atoms with Crippen molar-refractivity contribution in [2.45, 2.75) is 44.5 Å². The van der Waals surface area contributed by atoms with Gasteiger partial charge in [0, 0.05) is 31.7 Å². The van der Waals surface area contributed by atoms with Gasteiger partial charge in [0.05, 0.1) is 0 Å². The first-order chi connectivity index (χ1) is 12.2. The Bertz CT molecular complexity index is 776. The quantitative estimate of drug-likeness (QED) is 0.905. The Morgan fingerprint density at radius 3 is 2.72 bits per heavy atom. The molecule has 1 N–H and O–H groups in total. The number of carbonyl (C=O) groups excluding carboxylic acids is 1. The number of hydrogen-bond donors (Lipinski definition) is 1. The van der Waals surface area contributed by atoms with Crippen molar-refractivity contribution in [3.8, 4) is 11.5 Å². The monoisotopic (exact) mass is 343 g/mol. The lowest BCUT2D eigenvalue weighted by Crippen LogP contribution is -2.40. The highest BCUT2D eigenvalue weighted by Gasteiger charge is 2.42. The lowest BCUT2D eigenvalue weighted by Gasteiger charge is -2.31. The third-order valence-electron chi connectivity index (χ3n) is 4.58. The van der Waals surface area contributed by atoms with Gasteiger partial charge < -0.3 is 23.9 Å². The van der Waals surface area contributed by atoms with Crippen LogP contribution in [0.3, 0.4) is 0 Å². The second-order valence-electron chi connectivity index (χ2n) is 6.49. The number of hydrogen-bond acceptors (Lipinski definition) is 5. The average molecular weight is 343 g/mol. The smallest absolute Gasteiger partial charge is 0.291 e. The maximum Gasteiger partial charge on any atom is 0.291 e. The number of ether oxygens (including phenoxy) is 3. The number of rotatable bonds is 4. The summed E-state index contributed by atoms with van der Waals surface area (Å²) < 4.78 is 22.6. The topological polar surface area (TPSA) is 69.9 Å². The normalized spacial score (nSPS) is 17.6. The van der Waals surface area contributed by atoms with Crippen LogP contribution in [-0.4, -0.2) is 18.8 Å². The molecular formula is C19H21NO5. The van der Waals surface area contributed by atoms with Crippen LogP contribution in [0.5, 0.6) is 11.5 Å². The van der Waals surface area contributed by atoms with Gasteiger partial charge in [0.1, 0.15) is 12.4 Å². The maximum atomic E-state index is 12.3. The molecule has 1 aliphatic heterocycles. The van der Waals surface area contributed by atoms with Gasteiger partial charge in [0.15, 0.2) is 17.3 Å². The number of fused-ring (bicyclic) bond motifs is 1. The fraction of sp³-hybridized carbons (Fsp3) is 0.421. The summed E-state index contributed by atoms with van der Waals surface area (Å²) in [6.07, 6.45) is 5.25. The van der Waals surface area contributed by atoms with Crippen LogP contribution < -0.4 is 14.8 Å². The third kappa shape index (κ3) is 3.22. The molecule has 0 atom stereocenters. The molecule has 1 aliphatic carbocycles. The maximum absolute atomic E-state index is 12.3. The molecule has 1 fully saturated rings. The predicted octanol–water partition coefficient (Wildman–Crippen LogP) is 4.11. The van der Waals surface area contributed by atoms with Gasteiger partial charge in [-0.25, -0.2) is 0 Å². The summed E-state index contributed by atoms with van der Waals surface area (Å²) >= 11 is 0. The zero-order chi connectivity index (χ0) is 17.3. The summed E-state index contributed by atoms with van der Waals surface area (Å²) in [6.45, 7) is 0.333. The zero-order valence-corrected chi connectivity index (χ0v) is 14.2. The van der Waals surface area contributed by atoms with Gasteiger partial charge in [0.2, 0.25) is 0 Å². The molecule has 2 heterocycles. The Kier molecular flexibility index (Phi) is 4.13. The summed E-state index contributed by atoms with van der Waals surface area (Å²) in [6, 6.07) is 8.81. The van der Waals surface area contributed by atoms with Crippen molar-refractivity contribution in [2.75, 3.05) is 12.4 Å². The highest BCUT2D eigenvalue weighted by molar-refractivity contribution is 6.02. The molecule has 1 spiro atoms. The number of methoxy groups -OCH3 is 1. The fourth-order valence-electron chi connectivity index (χ4n) is 3.38. The molecule has 1 saturated carbocycles. The van der Waals surface area contributed by atoms with Crippen molar-refractivity contribution in [2.24, 2.45) is 0 Å². The van der Waals surface area contributed by atoms with Gasteiger partial charge in [-0.2, -0.15) is 0 Å². The number of amides is 1. The van der Waals surface area contributed by atoms with E-state index in [2.05, 4.69) is 5.32 Å².